The van der Waals surface area contributed by atoms with Crippen molar-refractivity contribution in [2.45, 2.75) is 36.8 Å². The summed E-state index contributed by atoms with van der Waals surface area (Å²) in [6.07, 6.45) is 3.46. The van der Waals surface area contributed by atoms with Gasteiger partial charge in [0.25, 0.3) is 0 Å². The van der Waals surface area contributed by atoms with Gasteiger partial charge in [-0.15, -0.1) is 0 Å². The zero-order valence-electron chi connectivity index (χ0n) is 22.2. The van der Waals surface area contributed by atoms with E-state index in [0.29, 0.717) is 28.4 Å². The Balaban J connectivity index is 2.04. The standard InChI is InChI=1S/C29H33FO6S/c1-29(2,3)21-11-13-22(14-12-21)37(31,32)18-23-20(10-15-24(30)27(23)35-6)9-8-19-16-25(33-4)28(36-7)26(17-19)34-5/h8-17H,18H2,1-7H3/b9-8-. The van der Waals surface area contributed by atoms with Gasteiger partial charge >= 0.3 is 0 Å². The fourth-order valence-corrected chi connectivity index (χ4v) is 5.35. The van der Waals surface area contributed by atoms with Gasteiger partial charge in [0.1, 0.15) is 0 Å². The molecule has 0 aliphatic rings. The van der Waals surface area contributed by atoms with Gasteiger partial charge in [0.15, 0.2) is 32.9 Å². The van der Waals surface area contributed by atoms with Crippen LogP contribution in [0.3, 0.4) is 0 Å². The molecule has 0 atom stereocenters. The molecule has 0 bridgehead atoms. The van der Waals surface area contributed by atoms with Crippen LogP contribution in [-0.4, -0.2) is 36.9 Å². The molecule has 0 saturated heterocycles. The van der Waals surface area contributed by atoms with E-state index in [4.69, 9.17) is 18.9 Å². The number of hydrogen-bond acceptors (Lipinski definition) is 6. The first-order chi connectivity index (χ1) is 17.4. The minimum absolute atomic E-state index is 0.109. The van der Waals surface area contributed by atoms with E-state index in [9.17, 15) is 12.8 Å². The maximum absolute atomic E-state index is 14.6. The number of rotatable bonds is 9. The topological polar surface area (TPSA) is 71.1 Å². The molecule has 0 aliphatic heterocycles. The summed E-state index contributed by atoms with van der Waals surface area (Å²) in [5.74, 6) is 0.217. The van der Waals surface area contributed by atoms with Gasteiger partial charge in [-0.05, 0) is 52.4 Å². The van der Waals surface area contributed by atoms with Crippen LogP contribution in [0.15, 0.2) is 53.4 Å². The van der Waals surface area contributed by atoms with E-state index in [0.717, 1.165) is 5.56 Å². The van der Waals surface area contributed by atoms with Gasteiger partial charge in [-0.3, -0.25) is 0 Å². The van der Waals surface area contributed by atoms with E-state index in [1.807, 2.05) is 0 Å². The molecule has 0 N–H and O–H groups in total. The summed E-state index contributed by atoms with van der Waals surface area (Å²) in [6.45, 7) is 6.17. The first-order valence-corrected chi connectivity index (χ1v) is 13.3. The molecule has 8 heteroatoms. The van der Waals surface area contributed by atoms with Crippen LogP contribution in [0.4, 0.5) is 4.39 Å². The average Bonchev–Trinajstić information content (AvgIpc) is 2.87. The van der Waals surface area contributed by atoms with Crippen LogP contribution in [0, 0.1) is 5.82 Å². The van der Waals surface area contributed by atoms with Crippen LogP contribution in [0.25, 0.3) is 12.2 Å². The van der Waals surface area contributed by atoms with Crippen LogP contribution < -0.4 is 18.9 Å². The second-order valence-electron chi connectivity index (χ2n) is 9.47. The molecule has 0 radical (unpaired) electrons. The maximum atomic E-state index is 14.6. The Kier molecular flexibility index (Phi) is 8.53. The highest BCUT2D eigenvalue weighted by molar-refractivity contribution is 7.90. The Bertz CT molecular complexity index is 1360. The highest BCUT2D eigenvalue weighted by Gasteiger charge is 2.23. The van der Waals surface area contributed by atoms with Crippen molar-refractivity contribution in [3.05, 3.63) is 76.6 Å². The molecule has 0 saturated carbocycles. The van der Waals surface area contributed by atoms with Gasteiger partial charge < -0.3 is 18.9 Å². The summed E-state index contributed by atoms with van der Waals surface area (Å²) in [5.41, 5.74) is 2.35. The Morgan fingerprint density at radius 2 is 1.35 bits per heavy atom. The molecule has 37 heavy (non-hydrogen) atoms. The number of halogens is 1. The van der Waals surface area contributed by atoms with Crippen molar-refractivity contribution < 1.29 is 31.8 Å². The van der Waals surface area contributed by atoms with Crippen molar-refractivity contribution in [2.24, 2.45) is 0 Å². The first kappa shape index (κ1) is 28.1. The molecule has 0 spiro atoms. The van der Waals surface area contributed by atoms with Crippen molar-refractivity contribution in [3.63, 3.8) is 0 Å². The van der Waals surface area contributed by atoms with Crippen molar-refractivity contribution >= 4 is 22.0 Å². The van der Waals surface area contributed by atoms with Crippen molar-refractivity contribution in [2.75, 3.05) is 28.4 Å². The molecule has 0 amide bonds. The van der Waals surface area contributed by atoms with E-state index >= 15 is 0 Å². The van der Waals surface area contributed by atoms with Crippen LogP contribution in [-0.2, 0) is 21.0 Å². The molecular formula is C29H33FO6S. The predicted octanol–water partition coefficient (Wildman–Crippen LogP) is 6.30. The van der Waals surface area contributed by atoms with E-state index < -0.39 is 21.4 Å². The lowest BCUT2D eigenvalue weighted by atomic mass is 9.87. The largest absolute Gasteiger partial charge is 0.493 e. The quantitative estimate of drug-likeness (QED) is 0.304. The van der Waals surface area contributed by atoms with Crippen molar-refractivity contribution in [1.29, 1.82) is 0 Å². The lowest BCUT2D eigenvalue weighted by molar-refractivity contribution is 0.324. The lowest BCUT2D eigenvalue weighted by Gasteiger charge is -2.19. The van der Waals surface area contributed by atoms with E-state index in [1.54, 1.807) is 48.6 Å². The average molecular weight is 529 g/mol. The number of benzene rings is 3. The molecule has 3 aromatic rings. The van der Waals surface area contributed by atoms with Crippen molar-refractivity contribution in [1.82, 2.24) is 0 Å². The molecule has 0 aromatic heterocycles. The van der Waals surface area contributed by atoms with E-state index in [-0.39, 0.29) is 21.6 Å². The fraction of sp³-hybridized carbons (Fsp3) is 0.310. The Morgan fingerprint density at radius 3 is 1.84 bits per heavy atom. The zero-order valence-corrected chi connectivity index (χ0v) is 23.0. The molecule has 0 fully saturated rings. The lowest BCUT2D eigenvalue weighted by Crippen LogP contribution is -2.12. The van der Waals surface area contributed by atoms with Gasteiger partial charge in [0.05, 0.1) is 39.1 Å². The first-order valence-electron chi connectivity index (χ1n) is 11.6. The summed E-state index contributed by atoms with van der Waals surface area (Å²) >= 11 is 0. The highest BCUT2D eigenvalue weighted by atomic mass is 32.2. The third-order valence-electron chi connectivity index (χ3n) is 6.01. The third kappa shape index (κ3) is 6.25. The van der Waals surface area contributed by atoms with Crippen LogP contribution >= 0.6 is 0 Å². The molecule has 0 unspecified atom stereocenters. The third-order valence-corrected chi connectivity index (χ3v) is 7.67. The number of methoxy groups -OCH3 is 4. The zero-order chi connectivity index (χ0) is 27.4. The second-order valence-corrected chi connectivity index (χ2v) is 11.5. The number of ether oxygens (including phenoxy) is 4. The molecule has 198 valence electrons. The van der Waals surface area contributed by atoms with Gasteiger partial charge in [-0.2, -0.15) is 0 Å². The van der Waals surface area contributed by atoms with Crippen LogP contribution in [0.2, 0.25) is 0 Å². The monoisotopic (exact) mass is 528 g/mol. The smallest absolute Gasteiger partial charge is 0.203 e. The van der Waals surface area contributed by atoms with Gasteiger partial charge in [0, 0.05) is 5.56 Å². The normalized spacial score (nSPS) is 12.0. The number of hydrogen-bond donors (Lipinski definition) is 0. The molecule has 3 rings (SSSR count). The molecule has 0 aliphatic carbocycles. The van der Waals surface area contributed by atoms with Gasteiger partial charge in [-0.1, -0.05) is 51.1 Å². The summed E-state index contributed by atoms with van der Waals surface area (Å²) in [7, 11) is 2.08. The van der Waals surface area contributed by atoms with E-state index in [1.165, 1.54) is 40.6 Å². The van der Waals surface area contributed by atoms with Gasteiger partial charge in [0.2, 0.25) is 5.75 Å². The Labute approximate surface area is 218 Å². The minimum Gasteiger partial charge on any atom is -0.493 e. The molecule has 3 aromatic carbocycles. The summed E-state index contributed by atoms with van der Waals surface area (Å²) in [5, 5.41) is 0. The number of sulfone groups is 1. The molecular weight excluding hydrogens is 495 g/mol. The summed E-state index contributed by atoms with van der Waals surface area (Å²) in [6, 6.07) is 13.1. The predicted molar refractivity (Wildman–Crippen MR) is 144 cm³/mol. The maximum Gasteiger partial charge on any atom is 0.203 e. The minimum atomic E-state index is -3.80. The Hall–Kier alpha value is -3.52. The SMILES string of the molecule is COc1cc(/C=C\c2ccc(F)c(OC)c2CS(=O)(=O)c2ccc(C(C)(C)C)cc2)cc(OC)c1OC. The van der Waals surface area contributed by atoms with Crippen molar-refractivity contribution in [3.8, 4) is 23.0 Å². The molecule has 0 heterocycles. The van der Waals surface area contributed by atoms with Crippen LogP contribution in [0.5, 0.6) is 23.0 Å². The van der Waals surface area contributed by atoms with E-state index in [2.05, 4.69) is 20.8 Å². The summed E-state index contributed by atoms with van der Waals surface area (Å²) < 4.78 is 62.8. The van der Waals surface area contributed by atoms with Crippen LogP contribution in [0.1, 0.15) is 43.0 Å². The highest BCUT2D eigenvalue weighted by Crippen LogP contribution is 2.39. The summed E-state index contributed by atoms with van der Waals surface area (Å²) in [4.78, 5) is 0.159. The Morgan fingerprint density at radius 1 is 0.784 bits per heavy atom. The molecule has 6 nitrogen and oxygen atoms in total. The second kappa shape index (κ2) is 11.3. The van der Waals surface area contributed by atoms with Gasteiger partial charge in [-0.25, -0.2) is 12.8 Å². The fourth-order valence-electron chi connectivity index (χ4n) is 3.96.